The zero-order valence-electron chi connectivity index (χ0n) is 10.7. The molecule has 0 saturated carbocycles. The van der Waals surface area contributed by atoms with Gasteiger partial charge in [-0.1, -0.05) is 12.1 Å². The van der Waals surface area contributed by atoms with Gasteiger partial charge >= 0.3 is 0 Å². The van der Waals surface area contributed by atoms with Gasteiger partial charge in [-0.15, -0.1) is 11.6 Å². The number of alkyl halides is 1. The molecule has 3 heteroatoms. The first kappa shape index (κ1) is 14.5. The molecule has 0 bridgehead atoms. The summed E-state index contributed by atoms with van der Waals surface area (Å²) in [5.74, 6) is 0.594. The Bertz CT molecular complexity index is 335. The minimum absolute atomic E-state index is 0.135. The van der Waals surface area contributed by atoms with E-state index >= 15 is 0 Å². The molecule has 0 radical (unpaired) electrons. The van der Waals surface area contributed by atoms with Crippen LogP contribution in [0.25, 0.3) is 0 Å². The monoisotopic (exact) mass is 258 g/mol. The summed E-state index contributed by atoms with van der Waals surface area (Å²) in [6.07, 6.45) is 1.87. The first-order valence-electron chi connectivity index (χ1n) is 5.85. The molecule has 0 aliphatic heterocycles. The summed E-state index contributed by atoms with van der Waals surface area (Å²) in [6.45, 7) is 4.12. The van der Waals surface area contributed by atoms with Crippen molar-refractivity contribution in [2.45, 2.75) is 38.2 Å². The lowest BCUT2D eigenvalue weighted by molar-refractivity contribution is 0.0128. The van der Waals surface area contributed by atoms with E-state index in [1.807, 2.05) is 12.1 Å². The number of hydrogen-bond donors (Lipinski definition) is 0. The SMILES string of the molecule is COC(C)(C)CCC(CCl)c1ccc(F)cc1. The number of hydrogen-bond acceptors (Lipinski definition) is 1. The molecule has 1 unspecified atom stereocenters. The van der Waals surface area contributed by atoms with E-state index in [-0.39, 0.29) is 17.3 Å². The first-order valence-corrected chi connectivity index (χ1v) is 6.38. The van der Waals surface area contributed by atoms with Crippen LogP contribution in [0.2, 0.25) is 0 Å². The average Bonchev–Trinajstić information content (AvgIpc) is 2.32. The highest BCUT2D eigenvalue weighted by Crippen LogP contribution is 2.27. The lowest BCUT2D eigenvalue weighted by Gasteiger charge is -2.25. The average molecular weight is 259 g/mol. The second-order valence-electron chi connectivity index (χ2n) is 4.91. The summed E-state index contributed by atoms with van der Waals surface area (Å²) in [7, 11) is 1.72. The molecule has 0 aliphatic carbocycles. The van der Waals surface area contributed by atoms with E-state index in [1.54, 1.807) is 7.11 Å². The van der Waals surface area contributed by atoms with Crippen molar-refractivity contribution in [2.75, 3.05) is 13.0 Å². The topological polar surface area (TPSA) is 9.23 Å². The van der Waals surface area contributed by atoms with Crippen LogP contribution in [-0.4, -0.2) is 18.6 Å². The van der Waals surface area contributed by atoms with E-state index < -0.39 is 0 Å². The lowest BCUT2D eigenvalue weighted by Crippen LogP contribution is -2.23. The molecular formula is C14H20ClFO. The zero-order chi connectivity index (χ0) is 12.9. The van der Waals surface area contributed by atoms with Gasteiger partial charge in [-0.3, -0.25) is 0 Å². The molecule has 0 saturated heterocycles. The Morgan fingerprint density at radius 1 is 1.29 bits per heavy atom. The zero-order valence-corrected chi connectivity index (χ0v) is 11.4. The molecule has 1 atom stereocenters. The third-order valence-corrected chi connectivity index (χ3v) is 3.55. The summed E-state index contributed by atoms with van der Waals surface area (Å²) in [6, 6.07) is 6.58. The molecule has 0 spiro atoms. The van der Waals surface area contributed by atoms with Gasteiger partial charge < -0.3 is 4.74 Å². The Hall–Kier alpha value is -0.600. The fraction of sp³-hybridized carbons (Fsp3) is 0.571. The second-order valence-corrected chi connectivity index (χ2v) is 5.21. The van der Waals surface area contributed by atoms with Crippen molar-refractivity contribution in [1.29, 1.82) is 0 Å². The van der Waals surface area contributed by atoms with Crippen LogP contribution in [0.4, 0.5) is 4.39 Å². The van der Waals surface area contributed by atoms with Crippen LogP contribution in [0, 0.1) is 5.82 Å². The van der Waals surface area contributed by atoms with Crippen LogP contribution in [0.15, 0.2) is 24.3 Å². The van der Waals surface area contributed by atoms with E-state index in [0.717, 1.165) is 18.4 Å². The highest BCUT2D eigenvalue weighted by molar-refractivity contribution is 6.18. The smallest absolute Gasteiger partial charge is 0.123 e. The van der Waals surface area contributed by atoms with Crippen molar-refractivity contribution >= 4 is 11.6 Å². The summed E-state index contributed by atoms with van der Waals surface area (Å²) < 4.78 is 18.2. The van der Waals surface area contributed by atoms with Crippen LogP contribution in [0.1, 0.15) is 38.2 Å². The van der Waals surface area contributed by atoms with Gasteiger partial charge in [-0.2, -0.15) is 0 Å². The van der Waals surface area contributed by atoms with Crippen molar-refractivity contribution in [2.24, 2.45) is 0 Å². The van der Waals surface area contributed by atoms with E-state index in [9.17, 15) is 4.39 Å². The van der Waals surface area contributed by atoms with E-state index in [2.05, 4.69) is 13.8 Å². The molecule has 1 aromatic carbocycles. The van der Waals surface area contributed by atoms with Gasteiger partial charge in [0.15, 0.2) is 0 Å². The van der Waals surface area contributed by atoms with Crippen LogP contribution < -0.4 is 0 Å². The molecule has 0 aliphatic rings. The van der Waals surface area contributed by atoms with Crippen molar-refractivity contribution in [1.82, 2.24) is 0 Å². The van der Waals surface area contributed by atoms with E-state index in [0.29, 0.717) is 5.88 Å². The molecule has 0 heterocycles. The normalized spacial score (nSPS) is 13.7. The van der Waals surface area contributed by atoms with Gasteiger partial charge in [0.05, 0.1) is 5.60 Å². The Kier molecular flexibility index (Phi) is 5.41. The van der Waals surface area contributed by atoms with Crippen molar-refractivity contribution in [3.63, 3.8) is 0 Å². The van der Waals surface area contributed by atoms with Crippen LogP contribution >= 0.6 is 11.6 Å². The maximum absolute atomic E-state index is 12.8. The standard InChI is InChI=1S/C14H20ClFO/c1-14(2,17-3)9-8-12(10-15)11-4-6-13(16)7-5-11/h4-7,12H,8-10H2,1-3H3. The van der Waals surface area contributed by atoms with Gasteiger partial charge in [-0.05, 0) is 50.3 Å². The van der Waals surface area contributed by atoms with Gasteiger partial charge in [0, 0.05) is 13.0 Å². The van der Waals surface area contributed by atoms with Crippen LogP contribution in [0.5, 0.6) is 0 Å². The maximum atomic E-state index is 12.8. The third kappa shape index (κ3) is 4.64. The largest absolute Gasteiger partial charge is 0.379 e. The third-order valence-electron chi connectivity index (χ3n) is 3.18. The highest BCUT2D eigenvalue weighted by atomic mass is 35.5. The molecule has 0 amide bonds. The number of methoxy groups -OCH3 is 1. The predicted molar refractivity (Wildman–Crippen MR) is 70.2 cm³/mol. The lowest BCUT2D eigenvalue weighted by atomic mass is 9.91. The second kappa shape index (κ2) is 6.36. The Labute approximate surface area is 108 Å². The first-order chi connectivity index (χ1) is 7.98. The highest BCUT2D eigenvalue weighted by Gasteiger charge is 2.19. The molecule has 1 aromatic rings. The molecule has 1 nitrogen and oxygen atoms in total. The summed E-state index contributed by atoms with van der Waals surface area (Å²) >= 11 is 5.98. The Morgan fingerprint density at radius 2 is 1.88 bits per heavy atom. The fourth-order valence-electron chi connectivity index (χ4n) is 1.69. The molecule has 17 heavy (non-hydrogen) atoms. The molecule has 0 N–H and O–H groups in total. The van der Waals surface area contributed by atoms with Crippen LogP contribution in [-0.2, 0) is 4.74 Å². The van der Waals surface area contributed by atoms with Crippen molar-refractivity contribution in [3.05, 3.63) is 35.6 Å². The van der Waals surface area contributed by atoms with Crippen LogP contribution in [0.3, 0.4) is 0 Å². The quantitative estimate of drug-likeness (QED) is 0.689. The van der Waals surface area contributed by atoms with Gasteiger partial charge in [0.25, 0.3) is 0 Å². The van der Waals surface area contributed by atoms with Gasteiger partial charge in [0.1, 0.15) is 5.82 Å². The molecular weight excluding hydrogens is 239 g/mol. The predicted octanol–water partition coefficient (Wildman–Crippen LogP) is 4.35. The van der Waals surface area contributed by atoms with Crippen molar-refractivity contribution in [3.8, 4) is 0 Å². The minimum atomic E-state index is -0.209. The number of halogens is 2. The Balaban J connectivity index is 2.63. The summed E-state index contributed by atoms with van der Waals surface area (Å²) in [4.78, 5) is 0. The molecule has 96 valence electrons. The number of rotatable bonds is 6. The fourth-order valence-corrected chi connectivity index (χ4v) is 2.02. The number of ether oxygens (including phenoxy) is 1. The summed E-state index contributed by atoms with van der Waals surface area (Å²) in [5.41, 5.74) is 0.956. The Morgan fingerprint density at radius 3 is 2.35 bits per heavy atom. The molecule has 0 fully saturated rings. The molecule has 0 aromatic heterocycles. The van der Waals surface area contributed by atoms with Gasteiger partial charge in [0.2, 0.25) is 0 Å². The maximum Gasteiger partial charge on any atom is 0.123 e. The van der Waals surface area contributed by atoms with E-state index in [4.69, 9.17) is 16.3 Å². The number of benzene rings is 1. The van der Waals surface area contributed by atoms with Gasteiger partial charge in [-0.25, -0.2) is 4.39 Å². The summed E-state index contributed by atoms with van der Waals surface area (Å²) in [5, 5.41) is 0. The van der Waals surface area contributed by atoms with Crippen molar-refractivity contribution < 1.29 is 9.13 Å². The minimum Gasteiger partial charge on any atom is -0.379 e. The van der Waals surface area contributed by atoms with E-state index in [1.165, 1.54) is 12.1 Å². The molecule has 1 rings (SSSR count).